The number of aliphatic hydroxyl groups is 1. The second kappa shape index (κ2) is 12.5. The smallest absolute Gasteiger partial charge is 0.0790 e. The Hall–Kier alpha value is -2.68. The molecule has 1 N–H and O–H groups in total. The van der Waals surface area contributed by atoms with Gasteiger partial charge in [0.2, 0.25) is 0 Å². The fraction of sp³-hybridized carbons (Fsp3) is 0.412. The first kappa shape index (κ1) is 26.4. The van der Waals surface area contributed by atoms with Crippen LogP contribution in [0.2, 0.25) is 0 Å². The van der Waals surface area contributed by atoms with E-state index in [-0.39, 0.29) is 11.5 Å². The lowest BCUT2D eigenvalue weighted by atomic mass is 9.86. The number of unbranched alkanes of at least 4 members (excludes halogenated alkanes) is 2. The van der Waals surface area contributed by atoms with Crippen molar-refractivity contribution in [2.24, 2.45) is 0 Å². The van der Waals surface area contributed by atoms with Crippen LogP contribution < -0.4 is 0 Å². The van der Waals surface area contributed by atoms with Crippen LogP contribution in [0.1, 0.15) is 87.7 Å². The zero-order valence-electron chi connectivity index (χ0n) is 22.4. The van der Waals surface area contributed by atoms with E-state index in [2.05, 4.69) is 111 Å². The van der Waals surface area contributed by atoms with Crippen molar-refractivity contribution in [3.63, 3.8) is 0 Å². The molecule has 0 saturated carbocycles. The molecule has 3 aromatic rings. The zero-order chi connectivity index (χ0) is 25.4. The molecule has 1 unspecified atom stereocenters. The summed E-state index contributed by atoms with van der Waals surface area (Å²) in [5.74, 6) is 0. The van der Waals surface area contributed by atoms with E-state index >= 15 is 0 Å². The van der Waals surface area contributed by atoms with Gasteiger partial charge in [-0.05, 0) is 65.5 Å². The van der Waals surface area contributed by atoms with Crippen LogP contribution in [0.4, 0.5) is 0 Å². The highest BCUT2D eigenvalue weighted by molar-refractivity contribution is 5.82. The quantitative estimate of drug-likeness (QED) is 0.312. The molecule has 2 heteroatoms. The molecule has 0 bridgehead atoms. The fourth-order valence-corrected chi connectivity index (χ4v) is 5.30. The topological polar surface area (TPSA) is 23.5 Å². The second-order valence-electron chi connectivity index (χ2n) is 11.3. The van der Waals surface area contributed by atoms with Gasteiger partial charge in [0.15, 0.2) is 0 Å². The number of aliphatic hydroxyl groups excluding tert-OH is 1. The van der Waals surface area contributed by atoms with E-state index in [1.807, 2.05) is 0 Å². The van der Waals surface area contributed by atoms with Crippen molar-refractivity contribution in [1.82, 2.24) is 4.90 Å². The molecule has 3 aromatic carbocycles. The van der Waals surface area contributed by atoms with Gasteiger partial charge in [-0.15, -0.1) is 0 Å². The summed E-state index contributed by atoms with van der Waals surface area (Å²) in [6.45, 7) is 10.1. The third kappa shape index (κ3) is 7.18. The molecule has 4 rings (SSSR count). The minimum absolute atomic E-state index is 0.152. The number of hydrogen-bond donors (Lipinski definition) is 1. The summed E-state index contributed by atoms with van der Waals surface area (Å²) in [4.78, 5) is 2.62. The fourth-order valence-electron chi connectivity index (χ4n) is 5.30. The molecule has 0 aromatic heterocycles. The molecule has 0 amide bonds. The molecule has 1 saturated heterocycles. The van der Waals surface area contributed by atoms with Crippen LogP contribution in [0.5, 0.6) is 0 Å². The maximum absolute atomic E-state index is 10.6. The third-order valence-electron chi connectivity index (χ3n) is 7.55. The van der Waals surface area contributed by atoms with Crippen LogP contribution in [0.15, 0.2) is 90.5 Å². The van der Waals surface area contributed by atoms with E-state index in [1.54, 1.807) is 5.57 Å². The van der Waals surface area contributed by atoms with E-state index in [4.69, 9.17) is 0 Å². The first-order valence-electron chi connectivity index (χ1n) is 13.8. The van der Waals surface area contributed by atoms with Crippen LogP contribution in [0.3, 0.4) is 0 Å². The summed E-state index contributed by atoms with van der Waals surface area (Å²) in [7, 11) is 0. The summed E-state index contributed by atoms with van der Waals surface area (Å²) in [5, 5.41) is 10.6. The predicted octanol–water partition coefficient (Wildman–Crippen LogP) is 8.18. The molecule has 1 atom stereocenters. The molecule has 36 heavy (non-hydrogen) atoms. The molecular weight excluding hydrogens is 438 g/mol. The van der Waals surface area contributed by atoms with Gasteiger partial charge in [-0.2, -0.15) is 0 Å². The van der Waals surface area contributed by atoms with Gasteiger partial charge in [0, 0.05) is 13.1 Å². The number of piperidine rings is 1. The van der Waals surface area contributed by atoms with Gasteiger partial charge in [0.05, 0.1) is 6.10 Å². The first-order valence-corrected chi connectivity index (χ1v) is 13.8. The Kier molecular flexibility index (Phi) is 9.18. The average Bonchev–Trinajstić information content (AvgIpc) is 2.90. The normalized spacial score (nSPS) is 15.6. The zero-order valence-corrected chi connectivity index (χ0v) is 22.4. The number of hydrogen-bond acceptors (Lipinski definition) is 2. The number of nitrogens with zero attached hydrogens (tertiary/aromatic N) is 1. The molecule has 1 aliphatic rings. The van der Waals surface area contributed by atoms with E-state index < -0.39 is 0 Å². The number of rotatable bonds is 9. The van der Waals surface area contributed by atoms with Crippen molar-refractivity contribution >= 4 is 5.57 Å². The number of likely N-dealkylation sites (tertiary alicyclic amines) is 1. The summed E-state index contributed by atoms with van der Waals surface area (Å²) in [5.41, 5.74) is 8.20. The Balaban J connectivity index is 1.23. The Morgan fingerprint density at radius 3 is 1.83 bits per heavy atom. The molecule has 1 heterocycles. The first-order chi connectivity index (χ1) is 17.4. The monoisotopic (exact) mass is 481 g/mol. The molecule has 0 radical (unpaired) electrons. The van der Waals surface area contributed by atoms with Gasteiger partial charge in [-0.1, -0.05) is 124 Å². The van der Waals surface area contributed by atoms with Crippen LogP contribution in [0.25, 0.3) is 5.57 Å². The van der Waals surface area contributed by atoms with Gasteiger partial charge in [-0.25, -0.2) is 0 Å². The molecule has 1 aliphatic heterocycles. The lowest BCUT2D eigenvalue weighted by Crippen LogP contribution is -2.32. The lowest BCUT2D eigenvalue weighted by molar-refractivity contribution is 0.162. The van der Waals surface area contributed by atoms with E-state index in [1.165, 1.54) is 35.1 Å². The van der Waals surface area contributed by atoms with E-state index in [9.17, 15) is 5.11 Å². The third-order valence-corrected chi connectivity index (χ3v) is 7.55. The van der Waals surface area contributed by atoms with Gasteiger partial charge in [-0.3, -0.25) is 0 Å². The second-order valence-corrected chi connectivity index (χ2v) is 11.3. The Morgan fingerprint density at radius 2 is 1.31 bits per heavy atom. The highest BCUT2D eigenvalue weighted by Crippen LogP contribution is 2.32. The van der Waals surface area contributed by atoms with E-state index in [0.717, 1.165) is 50.9 Å². The van der Waals surface area contributed by atoms with Crippen molar-refractivity contribution in [2.75, 3.05) is 19.6 Å². The minimum Gasteiger partial charge on any atom is -0.388 e. The van der Waals surface area contributed by atoms with Crippen molar-refractivity contribution in [2.45, 2.75) is 70.8 Å². The minimum atomic E-state index is -0.351. The number of benzene rings is 3. The summed E-state index contributed by atoms with van der Waals surface area (Å²) in [6, 6.07) is 30.3. The Labute approximate surface area is 218 Å². The Bertz CT molecular complexity index is 1040. The van der Waals surface area contributed by atoms with Crippen LogP contribution in [-0.2, 0) is 5.41 Å². The van der Waals surface area contributed by atoms with Gasteiger partial charge in [0.25, 0.3) is 0 Å². The van der Waals surface area contributed by atoms with Crippen molar-refractivity contribution in [3.8, 4) is 0 Å². The predicted molar refractivity (Wildman–Crippen MR) is 153 cm³/mol. The lowest BCUT2D eigenvalue weighted by Gasteiger charge is -2.30. The summed E-state index contributed by atoms with van der Waals surface area (Å²) in [6.07, 6.45) is 6.24. The molecule has 0 aliphatic carbocycles. The van der Waals surface area contributed by atoms with Crippen molar-refractivity contribution < 1.29 is 5.11 Å². The van der Waals surface area contributed by atoms with Crippen LogP contribution in [-0.4, -0.2) is 29.6 Å². The van der Waals surface area contributed by atoms with Gasteiger partial charge >= 0.3 is 0 Å². The maximum Gasteiger partial charge on any atom is 0.0790 e. The van der Waals surface area contributed by atoms with Crippen molar-refractivity contribution in [1.29, 1.82) is 0 Å². The molecule has 190 valence electrons. The van der Waals surface area contributed by atoms with Crippen molar-refractivity contribution in [3.05, 3.63) is 113 Å². The molecule has 2 nitrogen and oxygen atoms in total. The SMILES string of the molecule is CC(C)(C)c1ccc(C(O)CCCCCN2CCC(=C(c3ccccc3)c3ccccc3)CC2)cc1. The van der Waals surface area contributed by atoms with Crippen LogP contribution >= 0.6 is 0 Å². The molecule has 0 spiro atoms. The van der Waals surface area contributed by atoms with E-state index in [0.29, 0.717) is 0 Å². The van der Waals surface area contributed by atoms with Crippen LogP contribution in [0, 0.1) is 0 Å². The maximum atomic E-state index is 10.6. The van der Waals surface area contributed by atoms with Gasteiger partial charge < -0.3 is 10.0 Å². The average molecular weight is 482 g/mol. The molecule has 1 fully saturated rings. The van der Waals surface area contributed by atoms with Gasteiger partial charge in [0.1, 0.15) is 0 Å². The Morgan fingerprint density at radius 1 is 0.750 bits per heavy atom. The highest BCUT2D eigenvalue weighted by atomic mass is 16.3. The largest absolute Gasteiger partial charge is 0.388 e. The molecular formula is C34H43NO. The highest BCUT2D eigenvalue weighted by Gasteiger charge is 2.19. The standard InChI is InChI=1S/C34H43NO/c1-34(2,3)31-20-18-27(19-21-31)32(36)17-11-6-12-24-35-25-22-30(23-26-35)33(28-13-7-4-8-14-28)29-15-9-5-10-16-29/h4-5,7-10,13-16,18-21,32,36H,6,11-12,17,22-26H2,1-3H3. The summed E-state index contributed by atoms with van der Waals surface area (Å²) >= 11 is 0. The summed E-state index contributed by atoms with van der Waals surface area (Å²) < 4.78 is 0.